The van der Waals surface area contributed by atoms with E-state index in [2.05, 4.69) is 40.2 Å². The van der Waals surface area contributed by atoms with Gasteiger partial charge in [0, 0.05) is 10.5 Å². The number of carbonyl (C=O) groups excluding carboxylic acids is 1. The highest BCUT2D eigenvalue weighted by molar-refractivity contribution is 9.10. The molecule has 0 radical (unpaired) electrons. The van der Waals surface area contributed by atoms with Crippen LogP contribution in [-0.4, -0.2) is 19.2 Å². The van der Waals surface area contributed by atoms with Gasteiger partial charge in [0.1, 0.15) is 0 Å². The van der Waals surface area contributed by atoms with Crippen LogP contribution in [0.25, 0.3) is 11.1 Å². The Hall–Kier alpha value is -1.81. The van der Waals surface area contributed by atoms with E-state index in [4.69, 9.17) is 4.74 Å². The molecule has 0 saturated heterocycles. The molecule has 0 bridgehead atoms. The second-order valence-corrected chi connectivity index (χ2v) is 7.02. The number of benzene rings is 2. The number of nitrogens with zero attached hydrogens (tertiary/aromatic N) is 1. The summed E-state index contributed by atoms with van der Waals surface area (Å²) in [4.78, 5) is 14.3. The molecule has 3 rings (SSSR count). The fourth-order valence-electron chi connectivity index (χ4n) is 3.39. The van der Waals surface area contributed by atoms with Gasteiger partial charge in [-0.05, 0) is 52.0 Å². The van der Waals surface area contributed by atoms with Crippen LogP contribution in [0.1, 0.15) is 32.1 Å². The molecule has 0 unspecified atom stereocenters. The summed E-state index contributed by atoms with van der Waals surface area (Å²) in [5.41, 5.74) is 3.12. The molecule has 1 saturated carbocycles. The highest BCUT2D eigenvalue weighted by Crippen LogP contribution is 2.36. The molecular weight excluding hydrogens is 366 g/mol. The van der Waals surface area contributed by atoms with Crippen LogP contribution in [0.2, 0.25) is 0 Å². The monoisotopic (exact) mass is 387 g/mol. The number of anilines is 1. The normalized spacial score (nSPS) is 15.1. The van der Waals surface area contributed by atoms with Gasteiger partial charge in [-0.2, -0.15) is 0 Å². The minimum Gasteiger partial charge on any atom is -0.452 e. The zero-order valence-electron chi connectivity index (χ0n) is 13.9. The fourth-order valence-corrected chi connectivity index (χ4v) is 3.83. The third-order valence-corrected chi connectivity index (χ3v) is 5.29. The van der Waals surface area contributed by atoms with Gasteiger partial charge >= 0.3 is 6.09 Å². The van der Waals surface area contributed by atoms with E-state index in [0.29, 0.717) is 0 Å². The van der Waals surface area contributed by atoms with E-state index in [-0.39, 0.29) is 12.1 Å². The maximum absolute atomic E-state index is 12.5. The van der Waals surface area contributed by atoms with Crippen molar-refractivity contribution >= 4 is 27.7 Å². The summed E-state index contributed by atoms with van der Waals surface area (Å²) in [5.74, 6) is 0. The molecule has 126 valence electrons. The first kappa shape index (κ1) is 17.0. The Morgan fingerprint density at radius 2 is 1.75 bits per heavy atom. The molecule has 4 heteroatoms. The lowest BCUT2D eigenvalue weighted by Crippen LogP contribution is -2.41. The summed E-state index contributed by atoms with van der Waals surface area (Å²) < 4.78 is 6.00. The average molecular weight is 388 g/mol. The van der Waals surface area contributed by atoms with Crippen LogP contribution in [0.4, 0.5) is 10.5 Å². The maximum atomic E-state index is 12.5. The minimum atomic E-state index is -0.284. The van der Waals surface area contributed by atoms with Crippen molar-refractivity contribution < 1.29 is 9.53 Å². The van der Waals surface area contributed by atoms with Crippen molar-refractivity contribution in [2.45, 2.75) is 38.1 Å². The fraction of sp³-hybridized carbons (Fsp3) is 0.350. The van der Waals surface area contributed by atoms with Crippen LogP contribution in [0.3, 0.4) is 0 Å². The number of hydrogen-bond donors (Lipinski definition) is 0. The third kappa shape index (κ3) is 3.64. The second-order valence-electron chi connectivity index (χ2n) is 6.16. The molecule has 1 aliphatic rings. The van der Waals surface area contributed by atoms with Crippen LogP contribution < -0.4 is 4.90 Å². The van der Waals surface area contributed by atoms with Gasteiger partial charge in [0.15, 0.2) is 0 Å². The van der Waals surface area contributed by atoms with Gasteiger partial charge in [-0.3, -0.25) is 4.90 Å². The van der Waals surface area contributed by atoms with E-state index in [9.17, 15) is 4.79 Å². The standard InChI is InChI=1S/C20H22BrNO2/c1-24-20(23)22(17-10-6-3-7-11-17)19-14-16(12-13-18(19)21)15-8-4-2-5-9-15/h2,4-5,8-9,12-14,17H,3,6-7,10-11H2,1H3. The summed E-state index contributed by atoms with van der Waals surface area (Å²) in [7, 11) is 1.45. The largest absolute Gasteiger partial charge is 0.452 e. The first-order chi connectivity index (χ1) is 11.7. The lowest BCUT2D eigenvalue weighted by atomic mass is 9.93. The summed E-state index contributed by atoms with van der Waals surface area (Å²) in [5, 5.41) is 0. The van der Waals surface area contributed by atoms with Crippen LogP contribution in [-0.2, 0) is 4.74 Å². The number of methoxy groups -OCH3 is 1. The average Bonchev–Trinajstić information content (AvgIpc) is 2.65. The van der Waals surface area contributed by atoms with Crippen molar-refractivity contribution in [2.24, 2.45) is 0 Å². The quantitative estimate of drug-likeness (QED) is 0.643. The molecule has 0 spiro atoms. The molecule has 0 aliphatic heterocycles. The Balaban J connectivity index is 2.01. The van der Waals surface area contributed by atoms with Gasteiger partial charge in [-0.1, -0.05) is 55.7 Å². The van der Waals surface area contributed by atoms with Crippen LogP contribution in [0.15, 0.2) is 53.0 Å². The predicted molar refractivity (Wildman–Crippen MR) is 101 cm³/mol. The van der Waals surface area contributed by atoms with Crippen molar-refractivity contribution in [1.82, 2.24) is 0 Å². The Morgan fingerprint density at radius 3 is 2.42 bits per heavy atom. The SMILES string of the molecule is COC(=O)N(c1cc(-c2ccccc2)ccc1Br)C1CCCCC1. The number of ether oxygens (including phenoxy) is 1. The first-order valence-electron chi connectivity index (χ1n) is 8.43. The van der Waals surface area contributed by atoms with Crippen LogP contribution >= 0.6 is 15.9 Å². The van der Waals surface area contributed by atoms with E-state index in [1.54, 1.807) is 0 Å². The van der Waals surface area contributed by atoms with Crippen LogP contribution in [0, 0.1) is 0 Å². The Bertz CT molecular complexity index is 696. The highest BCUT2D eigenvalue weighted by Gasteiger charge is 2.29. The zero-order chi connectivity index (χ0) is 16.9. The zero-order valence-corrected chi connectivity index (χ0v) is 15.5. The van der Waals surface area contributed by atoms with Gasteiger partial charge in [0.25, 0.3) is 0 Å². The predicted octanol–water partition coefficient (Wildman–Crippen LogP) is 6.02. The summed E-state index contributed by atoms with van der Waals surface area (Å²) in [6, 6.07) is 16.6. The van der Waals surface area contributed by atoms with Crippen molar-refractivity contribution in [1.29, 1.82) is 0 Å². The van der Waals surface area contributed by atoms with Crippen LogP contribution in [0.5, 0.6) is 0 Å². The Morgan fingerprint density at radius 1 is 1.04 bits per heavy atom. The molecule has 2 aromatic rings. The molecule has 1 aliphatic carbocycles. The molecule has 1 amide bonds. The molecule has 0 heterocycles. The van der Waals surface area contributed by atoms with E-state index in [1.165, 1.54) is 13.5 Å². The molecular formula is C20H22BrNO2. The maximum Gasteiger partial charge on any atom is 0.414 e. The Labute approximate surface area is 151 Å². The highest BCUT2D eigenvalue weighted by atomic mass is 79.9. The molecule has 0 atom stereocenters. The van der Waals surface area contributed by atoms with Gasteiger partial charge in [0.05, 0.1) is 12.8 Å². The minimum absolute atomic E-state index is 0.202. The van der Waals surface area contributed by atoms with Gasteiger partial charge < -0.3 is 4.74 Å². The number of amides is 1. The lowest BCUT2D eigenvalue weighted by molar-refractivity contribution is 0.173. The van der Waals surface area contributed by atoms with E-state index in [1.807, 2.05) is 29.2 Å². The number of halogens is 1. The number of rotatable bonds is 3. The topological polar surface area (TPSA) is 29.5 Å². The second kappa shape index (κ2) is 7.84. The Kier molecular flexibility index (Phi) is 5.56. The molecule has 0 aromatic heterocycles. The number of hydrogen-bond acceptors (Lipinski definition) is 2. The van der Waals surface area contributed by atoms with Crippen molar-refractivity contribution in [3.8, 4) is 11.1 Å². The van der Waals surface area contributed by atoms with E-state index in [0.717, 1.165) is 47.0 Å². The first-order valence-corrected chi connectivity index (χ1v) is 9.22. The van der Waals surface area contributed by atoms with Gasteiger partial charge in [-0.15, -0.1) is 0 Å². The summed E-state index contributed by atoms with van der Waals surface area (Å²) in [6.07, 6.45) is 5.33. The smallest absolute Gasteiger partial charge is 0.414 e. The summed E-state index contributed by atoms with van der Waals surface area (Å²) >= 11 is 3.62. The molecule has 24 heavy (non-hydrogen) atoms. The van der Waals surface area contributed by atoms with Crippen molar-refractivity contribution in [2.75, 3.05) is 12.0 Å². The van der Waals surface area contributed by atoms with Crippen molar-refractivity contribution in [3.05, 3.63) is 53.0 Å². The van der Waals surface area contributed by atoms with Gasteiger partial charge in [-0.25, -0.2) is 4.79 Å². The molecule has 3 nitrogen and oxygen atoms in total. The van der Waals surface area contributed by atoms with E-state index < -0.39 is 0 Å². The third-order valence-electron chi connectivity index (χ3n) is 4.62. The van der Waals surface area contributed by atoms with E-state index >= 15 is 0 Å². The number of carbonyl (C=O) groups is 1. The van der Waals surface area contributed by atoms with Crippen molar-refractivity contribution in [3.63, 3.8) is 0 Å². The molecule has 2 aromatic carbocycles. The van der Waals surface area contributed by atoms with Gasteiger partial charge in [0.2, 0.25) is 0 Å². The summed E-state index contributed by atoms with van der Waals surface area (Å²) in [6.45, 7) is 0. The lowest BCUT2D eigenvalue weighted by Gasteiger charge is -2.34. The molecule has 0 N–H and O–H groups in total. The molecule has 1 fully saturated rings.